The van der Waals surface area contributed by atoms with Gasteiger partial charge in [0.25, 0.3) is 0 Å². The third-order valence-corrected chi connectivity index (χ3v) is 3.60. The standard InChI is InChI=1S/C11H14N2O2S/c12-5-9-1-2-10(16-9)6-13-7-11(14)3-4-15-8-11/h1-2,13-14H,3-4,6-8H2. The highest BCUT2D eigenvalue weighted by atomic mass is 32.1. The minimum Gasteiger partial charge on any atom is -0.386 e. The van der Waals surface area contributed by atoms with E-state index in [1.165, 1.54) is 11.3 Å². The van der Waals surface area contributed by atoms with Gasteiger partial charge >= 0.3 is 0 Å². The molecule has 5 heteroatoms. The Morgan fingerprint density at radius 2 is 2.50 bits per heavy atom. The van der Waals surface area contributed by atoms with Crippen molar-refractivity contribution >= 4 is 11.3 Å². The zero-order valence-corrected chi connectivity index (χ0v) is 9.72. The Kier molecular flexibility index (Phi) is 3.56. The summed E-state index contributed by atoms with van der Waals surface area (Å²) in [5.74, 6) is 0. The summed E-state index contributed by atoms with van der Waals surface area (Å²) < 4.78 is 5.15. The highest BCUT2D eigenvalue weighted by Gasteiger charge is 2.31. The quantitative estimate of drug-likeness (QED) is 0.816. The van der Waals surface area contributed by atoms with Crippen LogP contribution >= 0.6 is 11.3 Å². The molecular weight excluding hydrogens is 224 g/mol. The molecule has 0 bridgehead atoms. The van der Waals surface area contributed by atoms with Gasteiger partial charge in [-0.15, -0.1) is 11.3 Å². The third-order valence-electron chi connectivity index (χ3n) is 2.61. The fraction of sp³-hybridized carbons (Fsp3) is 0.545. The molecule has 0 amide bonds. The Balaban J connectivity index is 1.77. The van der Waals surface area contributed by atoms with Gasteiger partial charge in [0.2, 0.25) is 0 Å². The number of nitriles is 1. The minimum absolute atomic E-state index is 0.411. The van der Waals surface area contributed by atoms with Gasteiger partial charge in [0.1, 0.15) is 16.5 Å². The fourth-order valence-electron chi connectivity index (χ4n) is 1.69. The second kappa shape index (κ2) is 4.93. The molecular formula is C11H14N2O2S. The Morgan fingerprint density at radius 3 is 3.12 bits per heavy atom. The van der Waals surface area contributed by atoms with Crippen molar-refractivity contribution in [3.05, 3.63) is 21.9 Å². The van der Waals surface area contributed by atoms with E-state index in [4.69, 9.17) is 10.00 Å². The second-order valence-electron chi connectivity index (χ2n) is 4.01. The predicted molar refractivity (Wildman–Crippen MR) is 61.1 cm³/mol. The minimum atomic E-state index is -0.713. The number of ether oxygens (including phenoxy) is 1. The lowest BCUT2D eigenvalue weighted by atomic mass is 10.0. The van der Waals surface area contributed by atoms with Gasteiger partial charge in [0.15, 0.2) is 0 Å². The van der Waals surface area contributed by atoms with E-state index in [1.54, 1.807) is 0 Å². The van der Waals surface area contributed by atoms with Crippen LogP contribution in [-0.4, -0.2) is 30.5 Å². The van der Waals surface area contributed by atoms with Crippen LogP contribution in [0.4, 0.5) is 0 Å². The molecule has 1 atom stereocenters. The van der Waals surface area contributed by atoms with Gasteiger partial charge in [0.05, 0.1) is 6.61 Å². The van der Waals surface area contributed by atoms with Crippen LogP contribution in [0.25, 0.3) is 0 Å². The summed E-state index contributed by atoms with van der Waals surface area (Å²) in [7, 11) is 0. The molecule has 1 fully saturated rings. The average molecular weight is 238 g/mol. The van der Waals surface area contributed by atoms with Crippen LogP contribution in [0.3, 0.4) is 0 Å². The number of nitrogens with one attached hydrogen (secondary N) is 1. The maximum absolute atomic E-state index is 9.98. The van der Waals surface area contributed by atoms with Crippen molar-refractivity contribution in [2.45, 2.75) is 18.6 Å². The van der Waals surface area contributed by atoms with Crippen molar-refractivity contribution in [2.75, 3.05) is 19.8 Å². The van der Waals surface area contributed by atoms with E-state index in [0.29, 0.717) is 32.7 Å². The number of thiophene rings is 1. The van der Waals surface area contributed by atoms with Crippen molar-refractivity contribution in [2.24, 2.45) is 0 Å². The Labute approximate surface area is 98.5 Å². The lowest BCUT2D eigenvalue weighted by Gasteiger charge is -2.20. The molecule has 1 aliphatic rings. The predicted octanol–water partition coefficient (Wildman–Crippen LogP) is 0.861. The number of hydrogen-bond donors (Lipinski definition) is 2. The molecule has 86 valence electrons. The summed E-state index contributed by atoms with van der Waals surface area (Å²) in [4.78, 5) is 1.83. The molecule has 0 radical (unpaired) electrons. The molecule has 2 N–H and O–H groups in total. The van der Waals surface area contributed by atoms with Gasteiger partial charge in [-0.05, 0) is 12.1 Å². The smallest absolute Gasteiger partial charge is 0.110 e. The molecule has 1 aromatic rings. The van der Waals surface area contributed by atoms with Crippen LogP contribution in [0, 0.1) is 11.3 Å². The summed E-state index contributed by atoms with van der Waals surface area (Å²) in [5, 5.41) is 21.9. The van der Waals surface area contributed by atoms with Crippen LogP contribution in [0.15, 0.2) is 12.1 Å². The van der Waals surface area contributed by atoms with Crippen LogP contribution in [0.5, 0.6) is 0 Å². The van der Waals surface area contributed by atoms with Crippen LogP contribution in [-0.2, 0) is 11.3 Å². The van der Waals surface area contributed by atoms with E-state index in [-0.39, 0.29) is 0 Å². The SMILES string of the molecule is N#Cc1ccc(CNCC2(O)CCOC2)s1. The van der Waals surface area contributed by atoms with Crippen molar-refractivity contribution < 1.29 is 9.84 Å². The largest absolute Gasteiger partial charge is 0.386 e. The summed E-state index contributed by atoms with van der Waals surface area (Å²) in [5.41, 5.74) is -0.713. The van der Waals surface area contributed by atoms with Crippen LogP contribution < -0.4 is 5.32 Å². The van der Waals surface area contributed by atoms with Gasteiger partial charge in [-0.1, -0.05) is 0 Å². The normalized spacial score (nSPS) is 24.5. The lowest BCUT2D eigenvalue weighted by Crippen LogP contribution is -2.40. The molecule has 0 saturated carbocycles. The van der Waals surface area contributed by atoms with E-state index >= 15 is 0 Å². The molecule has 0 aromatic carbocycles. The summed E-state index contributed by atoms with van der Waals surface area (Å²) in [6, 6.07) is 5.86. The Bertz CT molecular complexity index is 391. The van der Waals surface area contributed by atoms with Gasteiger partial charge in [0, 0.05) is 31.0 Å². The van der Waals surface area contributed by atoms with E-state index in [0.717, 1.165) is 9.75 Å². The zero-order valence-electron chi connectivity index (χ0n) is 8.90. The monoisotopic (exact) mass is 238 g/mol. The van der Waals surface area contributed by atoms with Crippen LogP contribution in [0.1, 0.15) is 16.2 Å². The first-order chi connectivity index (χ1) is 7.72. The topological polar surface area (TPSA) is 65.3 Å². The first-order valence-electron chi connectivity index (χ1n) is 5.21. The summed E-state index contributed by atoms with van der Waals surface area (Å²) in [6.45, 7) is 2.27. The summed E-state index contributed by atoms with van der Waals surface area (Å²) in [6.07, 6.45) is 0.688. The molecule has 0 spiro atoms. The highest BCUT2D eigenvalue weighted by molar-refractivity contribution is 7.12. The molecule has 2 heterocycles. The van der Waals surface area contributed by atoms with Gasteiger partial charge < -0.3 is 15.2 Å². The van der Waals surface area contributed by atoms with Crippen molar-refractivity contribution in [1.29, 1.82) is 5.26 Å². The number of rotatable bonds is 4. The third kappa shape index (κ3) is 2.80. The molecule has 1 saturated heterocycles. The molecule has 2 rings (SSSR count). The fourth-order valence-corrected chi connectivity index (χ4v) is 2.46. The van der Waals surface area contributed by atoms with Crippen molar-refractivity contribution in [3.8, 4) is 6.07 Å². The Morgan fingerprint density at radius 1 is 1.62 bits per heavy atom. The molecule has 4 nitrogen and oxygen atoms in total. The number of aliphatic hydroxyl groups is 1. The van der Waals surface area contributed by atoms with E-state index < -0.39 is 5.60 Å². The lowest BCUT2D eigenvalue weighted by molar-refractivity contribution is 0.0269. The maximum Gasteiger partial charge on any atom is 0.110 e. The molecule has 16 heavy (non-hydrogen) atoms. The summed E-state index contributed by atoms with van der Waals surface area (Å²) >= 11 is 1.48. The zero-order chi connectivity index (χ0) is 11.4. The Hall–Kier alpha value is -0.930. The van der Waals surface area contributed by atoms with Gasteiger partial charge in [-0.3, -0.25) is 0 Å². The van der Waals surface area contributed by atoms with E-state index in [2.05, 4.69) is 11.4 Å². The second-order valence-corrected chi connectivity index (χ2v) is 5.18. The first-order valence-corrected chi connectivity index (χ1v) is 6.03. The molecule has 1 aliphatic heterocycles. The highest BCUT2D eigenvalue weighted by Crippen LogP contribution is 2.18. The molecule has 1 unspecified atom stereocenters. The maximum atomic E-state index is 9.98. The number of nitrogens with zero attached hydrogens (tertiary/aromatic N) is 1. The van der Waals surface area contributed by atoms with Gasteiger partial charge in [-0.25, -0.2) is 0 Å². The molecule has 0 aliphatic carbocycles. The number of hydrogen-bond acceptors (Lipinski definition) is 5. The average Bonchev–Trinajstić information content (AvgIpc) is 2.88. The van der Waals surface area contributed by atoms with E-state index in [9.17, 15) is 5.11 Å². The van der Waals surface area contributed by atoms with Crippen molar-refractivity contribution in [1.82, 2.24) is 5.32 Å². The first kappa shape index (κ1) is 11.6. The van der Waals surface area contributed by atoms with Crippen molar-refractivity contribution in [3.63, 3.8) is 0 Å². The van der Waals surface area contributed by atoms with E-state index in [1.807, 2.05) is 12.1 Å². The van der Waals surface area contributed by atoms with Gasteiger partial charge in [-0.2, -0.15) is 5.26 Å². The molecule has 1 aromatic heterocycles. The van der Waals surface area contributed by atoms with Crippen LogP contribution in [0.2, 0.25) is 0 Å².